The molecule has 156 valence electrons. The molecule has 1 N–H and O–H groups in total. The van der Waals surface area contributed by atoms with Gasteiger partial charge >= 0.3 is 5.97 Å². The van der Waals surface area contributed by atoms with Gasteiger partial charge in [-0.15, -0.1) is 11.3 Å². The number of esters is 1. The lowest BCUT2D eigenvalue weighted by molar-refractivity contribution is -0.124. The molecule has 8 heteroatoms. The molecule has 2 heterocycles. The molecule has 1 amide bonds. The zero-order valence-electron chi connectivity index (χ0n) is 16.5. The Morgan fingerprint density at radius 2 is 1.71 bits per heavy atom. The van der Waals surface area contributed by atoms with Crippen molar-refractivity contribution in [3.05, 3.63) is 93.0 Å². The molecule has 2 aromatic heterocycles. The lowest BCUT2D eigenvalue weighted by atomic mass is 10.1. The minimum Gasteiger partial charge on any atom is -0.451 e. The maximum absolute atomic E-state index is 12.9. The molecule has 7 nitrogen and oxygen atoms in total. The van der Waals surface area contributed by atoms with Crippen molar-refractivity contribution in [3.63, 3.8) is 0 Å². The van der Waals surface area contributed by atoms with Crippen molar-refractivity contribution in [2.75, 3.05) is 13.2 Å². The Morgan fingerprint density at radius 3 is 2.45 bits per heavy atom. The number of carbonyl (C=O) groups is 2. The fourth-order valence-electron chi connectivity index (χ4n) is 3.11. The number of rotatable bonds is 7. The Bertz CT molecular complexity index is 1270. The monoisotopic (exact) mass is 433 g/mol. The molecule has 0 unspecified atom stereocenters. The predicted octanol–water partition coefficient (Wildman–Crippen LogP) is 2.96. The Balaban J connectivity index is 1.51. The molecule has 0 aliphatic rings. The second-order valence-corrected chi connectivity index (χ2v) is 7.73. The highest BCUT2D eigenvalue weighted by molar-refractivity contribution is 7.09. The zero-order valence-corrected chi connectivity index (χ0v) is 17.3. The second kappa shape index (κ2) is 9.36. The largest absolute Gasteiger partial charge is 0.451 e. The van der Waals surface area contributed by atoms with Gasteiger partial charge in [-0.25, -0.2) is 4.79 Å². The van der Waals surface area contributed by atoms with E-state index in [4.69, 9.17) is 4.74 Å². The van der Waals surface area contributed by atoms with Crippen LogP contribution in [0.2, 0.25) is 0 Å². The molecular formula is C23H19N3O4S. The van der Waals surface area contributed by atoms with Crippen molar-refractivity contribution in [2.45, 2.75) is 6.42 Å². The summed E-state index contributed by atoms with van der Waals surface area (Å²) in [7, 11) is 0. The number of benzene rings is 2. The topological polar surface area (TPSA) is 90.3 Å². The van der Waals surface area contributed by atoms with E-state index < -0.39 is 18.5 Å². The van der Waals surface area contributed by atoms with E-state index in [0.717, 1.165) is 4.88 Å². The van der Waals surface area contributed by atoms with E-state index >= 15 is 0 Å². The van der Waals surface area contributed by atoms with Crippen LogP contribution in [0.3, 0.4) is 0 Å². The van der Waals surface area contributed by atoms with Crippen molar-refractivity contribution in [1.82, 2.24) is 15.1 Å². The summed E-state index contributed by atoms with van der Waals surface area (Å²) in [5, 5.41) is 9.67. The van der Waals surface area contributed by atoms with Crippen molar-refractivity contribution in [1.29, 1.82) is 0 Å². The van der Waals surface area contributed by atoms with Crippen LogP contribution in [0.15, 0.2) is 76.9 Å². The molecule has 31 heavy (non-hydrogen) atoms. The summed E-state index contributed by atoms with van der Waals surface area (Å²) in [6.45, 7) is 0.0285. The van der Waals surface area contributed by atoms with E-state index in [-0.39, 0.29) is 11.3 Å². The van der Waals surface area contributed by atoms with Crippen LogP contribution in [-0.2, 0) is 16.0 Å². The van der Waals surface area contributed by atoms with Gasteiger partial charge in [-0.3, -0.25) is 9.59 Å². The predicted molar refractivity (Wildman–Crippen MR) is 119 cm³/mol. The highest BCUT2D eigenvalue weighted by atomic mass is 32.1. The number of nitrogens with one attached hydrogen (secondary N) is 1. The van der Waals surface area contributed by atoms with Crippen molar-refractivity contribution >= 4 is 34.0 Å². The summed E-state index contributed by atoms with van der Waals surface area (Å²) >= 11 is 1.62. The van der Waals surface area contributed by atoms with Crippen LogP contribution in [0.25, 0.3) is 16.5 Å². The van der Waals surface area contributed by atoms with Crippen molar-refractivity contribution in [3.8, 4) is 5.69 Å². The summed E-state index contributed by atoms with van der Waals surface area (Å²) in [4.78, 5) is 38.8. The second-order valence-electron chi connectivity index (χ2n) is 6.70. The summed E-state index contributed by atoms with van der Waals surface area (Å²) < 4.78 is 6.36. The van der Waals surface area contributed by atoms with Crippen LogP contribution in [0, 0.1) is 0 Å². The van der Waals surface area contributed by atoms with Crippen LogP contribution in [0.5, 0.6) is 0 Å². The number of para-hydroxylation sites is 1. The molecule has 2 aromatic carbocycles. The SMILES string of the molecule is O=C(COC(=O)c1nn(-c2ccccc2)c(=O)c2ccccc12)NCCc1cccs1. The molecule has 0 aliphatic carbocycles. The highest BCUT2D eigenvalue weighted by Crippen LogP contribution is 2.16. The first kappa shape index (κ1) is 20.5. The number of nitrogens with zero attached hydrogens (tertiary/aromatic N) is 2. The smallest absolute Gasteiger partial charge is 0.359 e. The summed E-state index contributed by atoms with van der Waals surface area (Å²) in [6, 6.07) is 19.5. The maximum Gasteiger partial charge on any atom is 0.359 e. The first-order valence-electron chi connectivity index (χ1n) is 9.67. The summed E-state index contributed by atoms with van der Waals surface area (Å²) in [5.74, 6) is -1.17. The molecule has 0 saturated carbocycles. The van der Waals surface area contributed by atoms with Crippen LogP contribution in [0.4, 0.5) is 0 Å². The molecular weight excluding hydrogens is 414 g/mol. The molecule has 0 aliphatic heterocycles. The zero-order chi connectivity index (χ0) is 21.6. The fourth-order valence-corrected chi connectivity index (χ4v) is 3.82. The van der Waals surface area contributed by atoms with Gasteiger partial charge < -0.3 is 10.1 Å². The van der Waals surface area contributed by atoms with Crippen LogP contribution in [-0.4, -0.2) is 34.8 Å². The van der Waals surface area contributed by atoms with E-state index in [1.807, 2.05) is 23.6 Å². The molecule has 4 aromatic rings. The number of hydrogen-bond donors (Lipinski definition) is 1. The van der Waals surface area contributed by atoms with Crippen LogP contribution < -0.4 is 10.9 Å². The van der Waals surface area contributed by atoms with Gasteiger partial charge in [0.25, 0.3) is 11.5 Å². The van der Waals surface area contributed by atoms with Gasteiger partial charge in [-0.2, -0.15) is 9.78 Å². The molecule has 0 fully saturated rings. The number of carbonyl (C=O) groups excluding carboxylic acids is 2. The van der Waals surface area contributed by atoms with E-state index in [2.05, 4.69) is 10.4 Å². The molecule has 0 radical (unpaired) electrons. The Morgan fingerprint density at radius 1 is 0.968 bits per heavy atom. The number of aromatic nitrogens is 2. The van der Waals surface area contributed by atoms with E-state index in [0.29, 0.717) is 29.4 Å². The van der Waals surface area contributed by atoms with Gasteiger partial charge in [0.1, 0.15) is 0 Å². The molecule has 0 spiro atoms. The van der Waals surface area contributed by atoms with Gasteiger partial charge in [0.2, 0.25) is 0 Å². The van der Waals surface area contributed by atoms with E-state index in [9.17, 15) is 14.4 Å². The minimum absolute atomic E-state index is 0.0227. The average Bonchev–Trinajstić information content (AvgIpc) is 3.32. The third kappa shape index (κ3) is 4.70. The lowest BCUT2D eigenvalue weighted by Crippen LogP contribution is -2.31. The summed E-state index contributed by atoms with van der Waals surface area (Å²) in [6.07, 6.45) is 0.714. The highest BCUT2D eigenvalue weighted by Gasteiger charge is 2.19. The molecule has 0 atom stereocenters. The third-order valence-corrected chi connectivity index (χ3v) is 5.54. The minimum atomic E-state index is -0.769. The number of ether oxygens (including phenoxy) is 1. The summed E-state index contributed by atoms with van der Waals surface area (Å²) in [5.41, 5.74) is 0.161. The van der Waals surface area contributed by atoms with E-state index in [1.54, 1.807) is 59.9 Å². The Labute approximate surface area is 181 Å². The third-order valence-electron chi connectivity index (χ3n) is 4.61. The molecule has 0 saturated heterocycles. The van der Waals surface area contributed by atoms with Crippen molar-refractivity contribution < 1.29 is 14.3 Å². The van der Waals surface area contributed by atoms with Gasteiger partial charge in [0.15, 0.2) is 12.3 Å². The first-order chi connectivity index (χ1) is 15.1. The number of thiophene rings is 1. The maximum atomic E-state index is 12.9. The number of fused-ring (bicyclic) bond motifs is 1. The first-order valence-corrected chi connectivity index (χ1v) is 10.5. The Hall–Kier alpha value is -3.78. The quantitative estimate of drug-likeness (QED) is 0.453. The molecule has 0 bridgehead atoms. The Kier molecular flexibility index (Phi) is 6.18. The normalized spacial score (nSPS) is 10.7. The van der Waals surface area contributed by atoms with Gasteiger partial charge in [0.05, 0.1) is 11.1 Å². The van der Waals surface area contributed by atoms with Crippen molar-refractivity contribution in [2.24, 2.45) is 0 Å². The van der Waals surface area contributed by atoms with Gasteiger partial charge in [0, 0.05) is 16.8 Å². The number of hydrogen-bond acceptors (Lipinski definition) is 6. The van der Waals surface area contributed by atoms with Gasteiger partial charge in [-0.1, -0.05) is 42.5 Å². The fraction of sp³-hybridized carbons (Fsp3) is 0.130. The lowest BCUT2D eigenvalue weighted by Gasteiger charge is -2.11. The van der Waals surface area contributed by atoms with Crippen LogP contribution in [0.1, 0.15) is 15.4 Å². The van der Waals surface area contributed by atoms with E-state index in [1.165, 1.54) is 4.68 Å². The van der Waals surface area contributed by atoms with Crippen LogP contribution >= 0.6 is 11.3 Å². The molecule has 4 rings (SSSR count). The standard InChI is InChI=1S/C23H19N3O4S/c27-20(24-13-12-17-9-6-14-31-17)15-30-23(29)21-18-10-4-5-11-19(18)22(28)26(25-21)16-7-2-1-3-8-16/h1-11,14H,12-13,15H2,(H,24,27). The van der Waals surface area contributed by atoms with Gasteiger partial charge in [-0.05, 0) is 36.1 Å². The average molecular weight is 433 g/mol. The number of amides is 1.